The molecule has 0 aliphatic carbocycles. The third-order valence-electron chi connectivity index (χ3n) is 4.53. The fourth-order valence-electron chi connectivity index (χ4n) is 3.06. The highest BCUT2D eigenvalue weighted by molar-refractivity contribution is 7.88. The van der Waals surface area contributed by atoms with E-state index in [1.165, 1.54) is 4.31 Å². The van der Waals surface area contributed by atoms with Crippen molar-refractivity contribution in [1.82, 2.24) is 4.31 Å². The van der Waals surface area contributed by atoms with Crippen molar-refractivity contribution in [3.63, 3.8) is 0 Å². The van der Waals surface area contributed by atoms with E-state index in [4.69, 9.17) is 4.74 Å². The molecule has 0 aromatic heterocycles. The van der Waals surface area contributed by atoms with Gasteiger partial charge in [-0.05, 0) is 47.9 Å². The first-order valence-electron chi connectivity index (χ1n) is 8.70. The van der Waals surface area contributed by atoms with Crippen LogP contribution in [0.1, 0.15) is 16.7 Å². The average Bonchev–Trinajstić information content (AvgIpc) is 2.65. The summed E-state index contributed by atoms with van der Waals surface area (Å²) in [7, 11) is -3.30. The van der Waals surface area contributed by atoms with Crippen molar-refractivity contribution in [2.45, 2.75) is 19.1 Å². The van der Waals surface area contributed by atoms with Gasteiger partial charge in [0.25, 0.3) is 5.91 Å². The number of carbonyl (C=O) groups is 1. The van der Waals surface area contributed by atoms with Gasteiger partial charge in [0.2, 0.25) is 10.0 Å². The van der Waals surface area contributed by atoms with Gasteiger partial charge in [-0.3, -0.25) is 4.79 Å². The second-order valence-electron chi connectivity index (χ2n) is 6.65. The predicted molar refractivity (Wildman–Crippen MR) is 101 cm³/mol. The Hall–Kier alpha value is -2.59. The Morgan fingerprint density at radius 3 is 2.48 bits per heavy atom. The van der Waals surface area contributed by atoms with Gasteiger partial charge in [0.15, 0.2) is 6.61 Å². The first-order chi connectivity index (χ1) is 13.5. The second-order valence-corrected chi connectivity index (χ2v) is 8.63. The van der Waals surface area contributed by atoms with Crippen molar-refractivity contribution < 1.29 is 31.1 Å². The fraction of sp³-hybridized carbons (Fsp3) is 0.316. The second kappa shape index (κ2) is 8.03. The molecule has 3 rings (SSSR count). The molecule has 2 aromatic rings. The molecule has 0 bridgehead atoms. The lowest BCUT2D eigenvalue weighted by molar-refractivity contribution is -0.137. The van der Waals surface area contributed by atoms with Gasteiger partial charge in [-0.25, -0.2) is 8.42 Å². The Morgan fingerprint density at radius 2 is 1.86 bits per heavy atom. The number of sulfonamides is 1. The molecule has 156 valence electrons. The molecule has 1 heterocycles. The van der Waals surface area contributed by atoms with Crippen LogP contribution in [0.25, 0.3) is 0 Å². The van der Waals surface area contributed by atoms with Crippen LogP contribution in [0.3, 0.4) is 0 Å². The summed E-state index contributed by atoms with van der Waals surface area (Å²) in [5.74, 6) is -0.323. The molecule has 0 radical (unpaired) electrons. The lowest BCUT2D eigenvalue weighted by Gasteiger charge is -2.28. The summed E-state index contributed by atoms with van der Waals surface area (Å²) >= 11 is 0. The molecule has 6 nitrogen and oxygen atoms in total. The molecule has 0 saturated carbocycles. The topological polar surface area (TPSA) is 75.7 Å². The van der Waals surface area contributed by atoms with Crippen molar-refractivity contribution in [2.75, 3.05) is 24.7 Å². The number of hydrogen-bond donors (Lipinski definition) is 1. The Labute approximate surface area is 166 Å². The lowest BCUT2D eigenvalue weighted by atomic mass is 9.99. The highest BCUT2D eigenvalue weighted by Crippen LogP contribution is 2.30. The van der Waals surface area contributed by atoms with E-state index in [2.05, 4.69) is 5.32 Å². The lowest BCUT2D eigenvalue weighted by Crippen LogP contribution is -2.35. The largest absolute Gasteiger partial charge is 0.484 e. The van der Waals surface area contributed by atoms with Crippen LogP contribution in [0.5, 0.6) is 5.75 Å². The maximum atomic E-state index is 12.6. The quantitative estimate of drug-likeness (QED) is 0.794. The Bertz CT molecular complexity index is 1010. The number of amides is 1. The van der Waals surface area contributed by atoms with E-state index in [1.54, 1.807) is 18.2 Å². The molecular weight excluding hydrogens is 409 g/mol. The van der Waals surface area contributed by atoms with Gasteiger partial charge < -0.3 is 10.1 Å². The van der Waals surface area contributed by atoms with E-state index in [0.717, 1.165) is 41.6 Å². The third kappa shape index (κ3) is 5.27. The summed E-state index contributed by atoms with van der Waals surface area (Å²) < 4.78 is 67.8. The van der Waals surface area contributed by atoms with Crippen molar-refractivity contribution >= 4 is 21.6 Å². The van der Waals surface area contributed by atoms with Crippen LogP contribution in [0.4, 0.5) is 18.9 Å². The molecule has 0 spiro atoms. The number of rotatable bonds is 5. The first-order valence-corrected chi connectivity index (χ1v) is 10.5. The van der Waals surface area contributed by atoms with E-state index < -0.39 is 27.7 Å². The number of ether oxygens (including phenoxy) is 1. The van der Waals surface area contributed by atoms with Crippen LogP contribution < -0.4 is 10.1 Å². The van der Waals surface area contributed by atoms with Gasteiger partial charge in [-0.1, -0.05) is 12.1 Å². The zero-order valence-corrected chi connectivity index (χ0v) is 16.3. The number of alkyl halides is 3. The van der Waals surface area contributed by atoms with Crippen LogP contribution in [-0.2, 0) is 34.0 Å². The van der Waals surface area contributed by atoms with Gasteiger partial charge in [0.05, 0.1) is 11.8 Å². The summed E-state index contributed by atoms with van der Waals surface area (Å²) in [6.45, 7) is 0.186. The molecular formula is C19H19F3N2O4S. The predicted octanol–water partition coefficient (Wildman–Crippen LogP) is 3.04. The fourth-order valence-corrected chi connectivity index (χ4v) is 3.86. The number of nitrogens with one attached hydrogen (secondary N) is 1. The molecule has 1 aliphatic rings. The number of hydrogen-bond acceptors (Lipinski definition) is 4. The summed E-state index contributed by atoms with van der Waals surface area (Å²) in [6.07, 6.45) is -2.82. The van der Waals surface area contributed by atoms with Crippen LogP contribution in [0.2, 0.25) is 0 Å². The zero-order chi connectivity index (χ0) is 21.2. The highest BCUT2D eigenvalue weighted by Gasteiger charge is 2.30. The SMILES string of the molecule is CS(=O)(=O)N1CCc2c(cccc2NC(=O)COc2ccc(C(F)(F)F)cc2)C1. The molecule has 0 fully saturated rings. The molecule has 1 N–H and O–H groups in total. The Morgan fingerprint density at radius 1 is 1.17 bits per heavy atom. The zero-order valence-electron chi connectivity index (χ0n) is 15.5. The smallest absolute Gasteiger partial charge is 0.416 e. The molecule has 1 amide bonds. The third-order valence-corrected chi connectivity index (χ3v) is 5.78. The summed E-state index contributed by atoms with van der Waals surface area (Å²) in [5.41, 5.74) is 1.43. The van der Waals surface area contributed by atoms with Crippen molar-refractivity contribution in [1.29, 1.82) is 0 Å². The number of benzene rings is 2. The van der Waals surface area contributed by atoms with Crippen LogP contribution in [0.15, 0.2) is 42.5 Å². The monoisotopic (exact) mass is 428 g/mol. The minimum Gasteiger partial charge on any atom is -0.484 e. The minimum absolute atomic E-state index is 0.145. The number of halogens is 3. The van der Waals surface area contributed by atoms with Crippen molar-refractivity contribution in [3.05, 3.63) is 59.2 Å². The average molecular weight is 428 g/mol. The van der Waals surface area contributed by atoms with Gasteiger partial charge in [0, 0.05) is 18.8 Å². The minimum atomic E-state index is -4.44. The summed E-state index contributed by atoms with van der Waals surface area (Å²) in [6, 6.07) is 9.31. The number of nitrogens with zero attached hydrogens (tertiary/aromatic N) is 1. The number of carbonyl (C=O) groups excluding carboxylic acids is 1. The maximum absolute atomic E-state index is 12.6. The molecule has 29 heavy (non-hydrogen) atoms. The van der Waals surface area contributed by atoms with Crippen molar-refractivity contribution in [3.8, 4) is 5.75 Å². The summed E-state index contributed by atoms with van der Waals surface area (Å²) in [4.78, 5) is 12.2. The molecule has 2 aromatic carbocycles. The van der Waals surface area contributed by atoms with Gasteiger partial charge in [0.1, 0.15) is 5.75 Å². The Kier molecular flexibility index (Phi) is 5.85. The molecule has 1 aliphatic heterocycles. The number of anilines is 1. The van der Waals surface area contributed by atoms with E-state index in [9.17, 15) is 26.4 Å². The highest BCUT2D eigenvalue weighted by atomic mass is 32.2. The Balaban J connectivity index is 1.62. The van der Waals surface area contributed by atoms with Gasteiger partial charge in [-0.15, -0.1) is 0 Å². The van der Waals surface area contributed by atoms with Crippen LogP contribution in [0, 0.1) is 0 Å². The standard InChI is InChI=1S/C19H19F3N2O4S/c1-29(26,27)24-10-9-16-13(11-24)3-2-4-17(16)23-18(25)12-28-15-7-5-14(6-8-15)19(20,21)22/h2-8H,9-12H2,1H3,(H,23,25). The van der Waals surface area contributed by atoms with Crippen LogP contribution >= 0.6 is 0 Å². The van der Waals surface area contributed by atoms with Crippen LogP contribution in [-0.4, -0.2) is 38.0 Å². The number of fused-ring (bicyclic) bond motifs is 1. The van der Waals surface area contributed by atoms with E-state index in [1.807, 2.05) is 0 Å². The molecule has 0 unspecified atom stereocenters. The molecule has 10 heteroatoms. The molecule has 0 saturated heterocycles. The maximum Gasteiger partial charge on any atom is 0.416 e. The van der Waals surface area contributed by atoms with E-state index >= 15 is 0 Å². The van der Waals surface area contributed by atoms with E-state index in [-0.39, 0.29) is 18.9 Å². The van der Waals surface area contributed by atoms with Gasteiger partial charge in [-0.2, -0.15) is 17.5 Å². The van der Waals surface area contributed by atoms with E-state index in [0.29, 0.717) is 18.7 Å². The van der Waals surface area contributed by atoms with Crippen molar-refractivity contribution in [2.24, 2.45) is 0 Å². The summed E-state index contributed by atoms with van der Waals surface area (Å²) in [5, 5.41) is 2.72. The first kappa shape index (κ1) is 21.1. The van der Waals surface area contributed by atoms with Gasteiger partial charge >= 0.3 is 6.18 Å². The molecule has 0 atom stereocenters. The normalized spacial score (nSPS) is 14.9.